The molecule has 0 saturated heterocycles. The molecule has 0 radical (unpaired) electrons. The van der Waals surface area contributed by atoms with E-state index in [-0.39, 0.29) is 33.4 Å². The van der Waals surface area contributed by atoms with Gasteiger partial charge in [0.1, 0.15) is 46.2 Å². The fraction of sp³-hybridized carbons (Fsp3) is 0.133. The number of pyridine rings is 5. The summed E-state index contributed by atoms with van der Waals surface area (Å²) in [5.41, 5.74) is 20.9. The average molecular weight is 1850 g/mol. The lowest BCUT2D eigenvalue weighted by Gasteiger charge is -2.08. The number of nitrogens with one attached hydrogen (secondary N) is 7. The molecule has 0 spiro atoms. The molecule has 0 bridgehead atoms. The standard InChI is InChI=1S/C24H18N4O2.C23H16N4O2.C20H22N4O2.C19H19ClN4O2.C19H19FN4O2/c1-14-7-8-16(13-19(14)24(29)30)20-21(17-9-11-25-23-18(17)10-12-26-23)28-22(27-20)15-5-3-2-4-6-15;28-23(29)16-8-4-7-15(13-16)19-20(17-9-11-24-22-18(17)10-12-25-22)27-21(26-19)14-5-2-1-3-6-14;1-13-4-5-15(20(25)26)12-16(13)19-18(14-6-9-21-10-7-14)22-17(23-19)8-11-24(2)3;2*1-24(2)10-7-16-22-17(12-5-8-21-9-6-12)18(23-16)14-11-13(19(25)26)3-4-15(14)20/h2-13H,1H3,(H,25,26)(H,27,28)(H,29,30);1-13H,(H,24,25)(H,26,27)(H,28,29);4-7,9-10,12H,8,11H2,1-3H3,(H,22,23)(H,25,26);2*3-6,8-9,11H,7,10H2,1-2H3,(H,22,23)(H,25,26). The largest absolute Gasteiger partial charge is 0.478 e. The van der Waals surface area contributed by atoms with Crippen LogP contribution in [0.25, 0.3) is 157 Å². The SMILES string of the molecule is CN(C)CCc1nc(-c2ccncc2)c(-c2cc(C(=O)O)ccc2Cl)[nH]1.CN(C)CCc1nc(-c2ccncc2)c(-c2cc(C(=O)O)ccc2F)[nH]1.Cc1ccc(-c2nc(-c3ccccc3)[nH]c2-c2ccnc3[nH]ccc23)cc1C(=O)O.Cc1ccc(C(=O)O)cc1-c1[nH]c(CCN(C)C)nc1-c1ccncc1.O=C(O)c1cccc(-c2nc(-c3ccccc3)[nH]c2-c2ccnc3[nH]ccc23)c1. The summed E-state index contributed by atoms with van der Waals surface area (Å²) < 4.78 is 14.5. The van der Waals surface area contributed by atoms with Gasteiger partial charge < -0.3 is 75.1 Å². The van der Waals surface area contributed by atoms with Crippen LogP contribution in [0.2, 0.25) is 5.02 Å². The van der Waals surface area contributed by atoms with E-state index in [1.54, 1.807) is 117 Å². The van der Waals surface area contributed by atoms with Gasteiger partial charge in [0.05, 0.1) is 89.8 Å². The second kappa shape index (κ2) is 43.0. The first kappa shape index (κ1) is 94.5. The number of aromatic amines is 7. The predicted octanol–water partition coefficient (Wildman–Crippen LogP) is 20.2. The molecule has 12 N–H and O–H groups in total. The number of aromatic carboxylic acids is 5. The van der Waals surface area contributed by atoms with Gasteiger partial charge in [-0.3, -0.25) is 15.0 Å². The van der Waals surface area contributed by atoms with Gasteiger partial charge in [0, 0.05) is 178 Å². The van der Waals surface area contributed by atoms with Gasteiger partial charge in [-0.25, -0.2) is 63.3 Å². The van der Waals surface area contributed by atoms with Crippen LogP contribution >= 0.6 is 11.6 Å². The van der Waals surface area contributed by atoms with Crippen molar-refractivity contribution < 1.29 is 53.9 Å². The Bertz CT molecular complexity index is 7160. The highest BCUT2D eigenvalue weighted by Crippen LogP contribution is 2.42. The fourth-order valence-electron chi connectivity index (χ4n) is 15.3. The number of carboxylic acids is 5. The summed E-state index contributed by atoms with van der Waals surface area (Å²) in [5.74, 6) is -1.63. The predicted molar refractivity (Wildman–Crippen MR) is 527 cm³/mol. The Labute approximate surface area is 790 Å². The smallest absolute Gasteiger partial charge is 0.335 e. The maximum Gasteiger partial charge on any atom is 0.335 e. The van der Waals surface area contributed by atoms with Crippen molar-refractivity contribution in [3.05, 3.63) is 348 Å². The minimum absolute atomic E-state index is 0.0199. The van der Waals surface area contributed by atoms with Crippen molar-refractivity contribution >= 4 is 63.5 Å². The first-order valence-corrected chi connectivity index (χ1v) is 43.7. The van der Waals surface area contributed by atoms with Crippen molar-refractivity contribution in [2.45, 2.75) is 33.1 Å². The highest BCUT2D eigenvalue weighted by atomic mass is 35.5. The fourth-order valence-corrected chi connectivity index (χ4v) is 15.5. The highest BCUT2D eigenvalue weighted by molar-refractivity contribution is 6.33. The zero-order chi connectivity index (χ0) is 96.5. The molecule has 12 aromatic heterocycles. The molecular weight excluding hydrogens is 1760 g/mol. The van der Waals surface area contributed by atoms with E-state index < -0.39 is 35.7 Å². The second-order valence-electron chi connectivity index (χ2n) is 32.7. The molecule has 0 unspecified atom stereocenters. The summed E-state index contributed by atoms with van der Waals surface area (Å²) in [7, 11) is 12.0. The Morgan fingerprint density at radius 2 is 0.693 bits per heavy atom. The number of rotatable bonds is 26. The van der Waals surface area contributed by atoms with E-state index in [0.29, 0.717) is 56.9 Å². The number of fused-ring (bicyclic) bond motifs is 2. The van der Waals surface area contributed by atoms with Crippen LogP contribution in [0.15, 0.2) is 280 Å². The Kier molecular flexibility index (Phi) is 29.7. The van der Waals surface area contributed by atoms with Crippen molar-refractivity contribution in [2.75, 3.05) is 61.9 Å². The Morgan fingerprint density at radius 1 is 0.328 bits per heavy atom. The van der Waals surface area contributed by atoms with Crippen LogP contribution in [0.1, 0.15) is 80.4 Å². The van der Waals surface area contributed by atoms with Gasteiger partial charge in [-0.1, -0.05) is 103 Å². The van der Waals surface area contributed by atoms with Crippen molar-refractivity contribution in [1.82, 2.24) is 99.4 Å². The Balaban J connectivity index is 0.000000130. The highest BCUT2D eigenvalue weighted by Gasteiger charge is 2.26. The quantitative estimate of drug-likeness (QED) is 0.0239. The van der Waals surface area contributed by atoms with Gasteiger partial charge in [0.25, 0.3) is 0 Å². The van der Waals surface area contributed by atoms with Crippen molar-refractivity contribution in [2.24, 2.45) is 0 Å². The van der Waals surface area contributed by atoms with Crippen molar-refractivity contribution in [3.8, 4) is 135 Å². The number of aryl methyl sites for hydroxylation is 2. The first-order valence-electron chi connectivity index (χ1n) is 43.4. The molecule has 688 valence electrons. The third-order valence-corrected chi connectivity index (χ3v) is 22.6. The summed E-state index contributed by atoms with van der Waals surface area (Å²) in [6, 6.07) is 64.4. The van der Waals surface area contributed by atoms with Gasteiger partial charge in [-0.05, 0) is 195 Å². The summed E-state index contributed by atoms with van der Waals surface area (Å²) in [5, 5.41) is 49.2. The normalized spacial score (nSPS) is 11.1. The monoisotopic (exact) mass is 1850 g/mol. The van der Waals surface area contributed by atoms with E-state index >= 15 is 0 Å². The number of H-pyrrole nitrogens is 7. The number of halogens is 2. The molecule has 0 amide bonds. The summed E-state index contributed by atoms with van der Waals surface area (Å²) in [6.07, 6.45) is 19.5. The lowest BCUT2D eigenvalue weighted by molar-refractivity contribution is 0.0685. The maximum atomic E-state index is 14.5. The Morgan fingerprint density at radius 3 is 1.12 bits per heavy atom. The molecule has 12 heterocycles. The molecule has 0 aliphatic carbocycles. The average Bonchev–Trinajstić information content (AvgIpc) is 1.63. The number of likely N-dealkylation sites (N-methyl/N-ethyl adjacent to an activating group) is 3. The third kappa shape index (κ3) is 22.6. The van der Waals surface area contributed by atoms with Crippen LogP contribution in [-0.2, 0) is 19.3 Å². The molecule has 0 fully saturated rings. The molecule has 7 aromatic carbocycles. The number of aromatic nitrogens is 17. The molecule has 0 aliphatic heterocycles. The molecule has 0 aliphatic rings. The number of imidazole rings is 5. The zero-order valence-corrected chi connectivity index (χ0v) is 76.4. The number of carbonyl (C=O) groups is 5. The maximum absolute atomic E-state index is 14.5. The number of hydrogen-bond acceptors (Lipinski definition) is 18. The van der Waals surface area contributed by atoms with Gasteiger partial charge in [-0.15, -0.1) is 0 Å². The topological polar surface area (TPSA) is 436 Å². The number of benzene rings is 7. The molecule has 0 saturated carbocycles. The Hall–Kier alpha value is -17.1. The van der Waals surface area contributed by atoms with Crippen LogP contribution in [0.3, 0.4) is 0 Å². The molecule has 30 nitrogen and oxygen atoms in total. The van der Waals surface area contributed by atoms with Gasteiger partial charge in [0.15, 0.2) is 0 Å². The van der Waals surface area contributed by atoms with E-state index in [1.165, 1.54) is 18.2 Å². The summed E-state index contributed by atoms with van der Waals surface area (Å²) >= 11 is 6.37. The molecule has 137 heavy (non-hydrogen) atoms. The minimum Gasteiger partial charge on any atom is -0.478 e. The van der Waals surface area contributed by atoms with E-state index in [2.05, 4.69) is 74.6 Å². The second-order valence-corrected chi connectivity index (χ2v) is 33.1. The first-order chi connectivity index (χ1) is 66.2. The van der Waals surface area contributed by atoms with Crippen molar-refractivity contribution in [3.63, 3.8) is 0 Å². The number of carboxylic acid groups (broad SMARTS) is 5. The third-order valence-electron chi connectivity index (χ3n) is 22.3. The molecule has 19 rings (SSSR count). The van der Waals surface area contributed by atoms with E-state index in [0.717, 1.165) is 174 Å². The summed E-state index contributed by atoms with van der Waals surface area (Å²) in [6.45, 7) is 6.25. The van der Waals surface area contributed by atoms with Gasteiger partial charge in [-0.2, -0.15) is 0 Å². The van der Waals surface area contributed by atoms with Crippen LogP contribution in [0.4, 0.5) is 4.39 Å². The number of hydrogen-bond donors (Lipinski definition) is 12. The lowest BCUT2D eigenvalue weighted by atomic mass is 9.99. The molecular formula is C105H94ClFN20O10. The minimum atomic E-state index is -1.11. The van der Waals surface area contributed by atoms with Gasteiger partial charge >= 0.3 is 29.8 Å². The molecule has 0 atom stereocenters. The van der Waals surface area contributed by atoms with Crippen LogP contribution in [0.5, 0.6) is 0 Å². The zero-order valence-electron chi connectivity index (χ0n) is 75.6. The molecule has 19 aromatic rings. The van der Waals surface area contributed by atoms with Crippen LogP contribution in [-0.4, -0.2) is 217 Å². The van der Waals surface area contributed by atoms with Crippen LogP contribution < -0.4 is 0 Å². The lowest BCUT2D eigenvalue weighted by Crippen LogP contribution is -2.15. The van der Waals surface area contributed by atoms with Crippen LogP contribution in [0, 0.1) is 19.7 Å². The number of nitrogens with zero attached hydrogens (tertiary/aromatic N) is 13. The van der Waals surface area contributed by atoms with E-state index in [4.69, 9.17) is 31.5 Å². The van der Waals surface area contributed by atoms with E-state index in [1.807, 2.05) is 200 Å². The van der Waals surface area contributed by atoms with E-state index in [9.17, 15) is 53.9 Å². The summed E-state index contributed by atoms with van der Waals surface area (Å²) in [4.78, 5) is 131. The molecule has 32 heteroatoms. The van der Waals surface area contributed by atoms with Crippen molar-refractivity contribution in [1.29, 1.82) is 0 Å². The van der Waals surface area contributed by atoms with Gasteiger partial charge in [0.2, 0.25) is 0 Å².